The standard InChI is InChI=1S/C28H36N2/c1-7-8-17-30-21(4)23(24-11-9-10-12-27(24)30)15-14-20(3)28-22(5)29(6)26-16-13-19(2)18-25(26)28/h9-13,16,18,20H,7-8,14-15,17H2,1-6H3. The number of unbranched alkanes of at least 4 members (excludes halogenated alkanes) is 1. The van der Waals surface area contributed by atoms with Gasteiger partial charge in [0.25, 0.3) is 0 Å². The lowest BCUT2D eigenvalue weighted by atomic mass is 9.91. The van der Waals surface area contributed by atoms with Crippen molar-refractivity contribution in [2.45, 2.75) is 72.8 Å². The summed E-state index contributed by atoms with van der Waals surface area (Å²) in [5.41, 5.74) is 10.0. The SMILES string of the molecule is CCCCn1c(C)c(CCC(C)c2c(C)n(C)c3ccc(C)cc23)c2ccccc21. The monoisotopic (exact) mass is 400 g/mol. The number of hydrogen-bond acceptors (Lipinski definition) is 0. The van der Waals surface area contributed by atoms with Crippen molar-refractivity contribution in [1.82, 2.24) is 9.13 Å². The number of hydrogen-bond donors (Lipinski definition) is 0. The van der Waals surface area contributed by atoms with Crippen LogP contribution < -0.4 is 0 Å². The molecule has 0 saturated carbocycles. The van der Waals surface area contributed by atoms with Crippen LogP contribution in [0, 0.1) is 20.8 Å². The van der Waals surface area contributed by atoms with Crippen LogP contribution in [-0.2, 0) is 20.0 Å². The van der Waals surface area contributed by atoms with E-state index in [0.29, 0.717) is 5.92 Å². The molecule has 1 atom stereocenters. The summed E-state index contributed by atoms with van der Waals surface area (Å²) < 4.78 is 4.91. The minimum Gasteiger partial charge on any atom is -0.348 e. The normalized spacial score (nSPS) is 12.9. The fourth-order valence-electron chi connectivity index (χ4n) is 5.26. The molecule has 2 aromatic heterocycles. The van der Waals surface area contributed by atoms with Crippen LogP contribution in [0.25, 0.3) is 21.8 Å². The van der Waals surface area contributed by atoms with Crippen molar-refractivity contribution in [2.75, 3.05) is 0 Å². The molecule has 0 aliphatic heterocycles. The summed E-state index contributed by atoms with van der Waals surface area (Å²) in [6, 6.07) is 15.9. The van der Waals surface area contributed by atoms with Gasteiger partial charge in [-0.2, -0.15) is 0 Å². The summed E-state index contributed by atoms with van der Waals surface area (Å²) in [5, 5.41) is 2.88. The zero-order valence-electron chi connectivity index (χ0n) is 19.5. The van der Waals surface area contributed by atoms with Gasteiger partial charge in [0, 0.05) is 46.8 Å². The molecule has 30 heavy (non-hydrogen) atoms. The maximum absolute atomic E-state index is 2.55. The first-order valence-electron chi connectivity index (χ1n) is 11.6. The Bertz CT molecular complexity index is 1190. The van der Waals surface area contributed by atoms with E-state index in [1.807, 2.05) is 0 Å². The zero-order valence-corrected chi connectivity index (χ0v) is 19.5. The average molecular weight is 401 g/mol. The lowest BCUT2D eigenvalue weighted by molar-refractivity contribution is 0.629. The smallest absolute Gasteiger partial charge is 0.0485 e. The zero-order chi connectivity index (χ0) is 21.4. The van der Waals surface area contributed by atoms with Gasteiger partial charge in [0.05, 0.1) is 0 Å². The van der Waals surface area contributed by atoms with Crippen molar-refractivity contribution in [3.63, 3.8) is 0 Å². The Labute approximate surface area is 181 Å². The highest BCUT2D eigenvalue weighted by Gasteiger charge is 2.20. The molecule has 2 heterocycles. The molecule has 0 saturated heterocycles. The molecule has 0 bridgehead atoms. The quantitative estimate of drug-likeness (QED) is 0.302. The second kappa shape index (κ2) is 8.34. The molecule has 0 amide bonds. The van der Waals surface area contributed by atoms with E-state index in [9.17, 15) is 0 Å². The van der Waals surface area contributed by atoms with Crippen molar-refractivity contribution in [3.8, 4) is 0 Å². The van der Waals surface area contributed by atoms with Crippen LogP contribution >= 0.6 is 0 Å². The minimum atomic E-state index is 0.535. The first-order valence-corrected chi connectivity index (χ1v) is 11.6. The fourth-order valence-corrected chi connectivity index (χ4v) is 5.26. The summed E-state index contributed by atoms with van der Waals surface area (Å²) >= 11 is 0. The second-order valence-corrected chi connectivity index (χ2v) is 9.10. The molecule has 4 rings (SSSR count). The number of nitrogens with zero attached hydrogens (tertiary/aromatic N) is 2. The van der Waals surface area contributed by atoms with Crippen LogP contribution in [0.15, 0.2) is 42.5 Å². The Morgan fingerprint density at radius 3 is 2.43 bits per heavy atom. The van der Waals surface area contributed by atoms with Gasteiger partial charge in [0.15, 0.2) is 0 Å². The molecular formula is C28H36N2. The fraction of sp³-hybridized carbons (Fsp3) is 0.429. The minimum absolute atomic E-state index is 0.535. The van der Waals surface area contributed by atoms with Crippen molar-refractivity contribution in [1.29, 1.82) is 0 Å². The molecule has 0 aliphatic rings. The highest BCUT2D eigenvalue weighted by atomic mass is 15.0. The van der Waals surface area contributed by atoms with Gasteiger partial charge in [-0.05, 0) is 75.3 Å². The number of para-hydroxylation sites is 1. The number of fused-ring (bicyclic) bond motifs is 2. The first-order chi connectivity index (χ1) is 14.4. The van der Waals surface area contributed by atoms with Crippen LogP contribution in [0.1, 0.15) is 67.1 Å². The molecule has 0 N–H and O–H groups in total. The van der Waals surface area contributed by atoms with Gasteiger partial charge in [-0.25, -0.2) is 0 Å². The van der Waals surface area contributed by atoms with E-state index in [1.165, 1.54) is 63.6 Å². The van der Waals surface area contributed by atoms with Crippen LogP contribution in [0.4, 0.5) is 0 Å². The molecule has 4 aromatic rings. The Morgan fingerprint density at radius 2 is 1.67 bits per heavy atom. The summed E-state index contributed by atoms with van der Waals surface area (Å²) in [5.74, 6) is 0.535. The largest absolute Gasteiger partial charge is 0.348 e. The maximum atomic E-state index is 2.55. The van der Waals surface area contributed by atoms with Gasteiger partial charge in [0.2, 0.25) is 0 Å². The van der Waals surface area contributed by atoms with Gasteiger partial charge in [-0.3, -0.25) is 0 Å². The Morgan fingerprint density at radius 1 is 0.900 bits per heavy atom. The topological polar surface area (TPSA) is 9.86 Å². The maximum Gasteiger partial charge on any atom is 0.0485 e. The number of aryl methyl sites for hydroxylation is 4. The predicted octanol–water partition coefficient (Wildman–Crippen LogP) is 7.59. The molecule has 0 spiro atoms. The number of rotatable bonds is 7. The van der Waals surface area contributed by atoms with Gasteiger partial charge in [-0.15, -0.1) is 0 Å². The van der Waals surface area contributed by atoms with Crippen molar-refractivity contribution >= 4 is 21.8 Å². The lowest BCUT2D eigenvalue weighted by Gasteiger charge is -2.14. The van der Waals surface area contributed by atoms with E-state index < -0.39 is 0 Å². The summed E-state index contributed by atoms with van der Waals surface area (Å²) in [7, 11) is 2.20. The third kappa shape index (κ3) is 3.47. The molecule has 2 aromatic carbocycles. The summed E-state index contributed by atoms with van der Waals surface area (Å²) in [6.45, 7) is 12.6. The van der Waals surface area contributed by atoms with Crippen molar-refractivity contribution < 1.29 is 0 Å². The Kier molecular flexibility index (Phi) is 5.77. The number of benzene rings is 2. The van der Waals surface area contributed by atoms with Crippen LogP contribution in [0.2, 0.25) is 0 Å². The van der Waals surface area contributed by atoms with E-state index in [4.69, 9.17) is 0 Å². The highest BCUT2D eigenvalue weighted by molar-refractivity contribution is 5.87. The third-order valence-electron chi connectivity index (χ3n) is 7.11. The Hall–Kier alpha value is -2.48. The van der Waals surface area contributed by atoms with Gasteiger partial charge in [0.1, 0.15) is 0 Å². The van der Waals surface area contributed by atoms with E-state index in [0.717, 1.165) is 13.0 Å². The second-order valence-electron chi connectivity index (χ2n) is 9.10. The summed E-state index contributed by atoms with van der Waals surface area (Å²) in [6.07, 6.45) is 4.78. The molecule has 2 heteroatoms. The predicted molar refractivity (Wildman–Crippen MR) is 131 cm³/mol. The molecule has 2 nitrogen and oxygen atoms in total. The Balaban J connectivity index is 1.67. The average Bonchev–Trinajstić information content (AvgIpc) is 3.14. The van der Waals surface area contributed by atoms with Crippen LogP contribution in [0.3, 0.4) is 0 Å². The van der Waals surface area contributed by atoms with Crippen molar-refractivity contribution in [3.05, 3.63) is 70.5 Å². The van der Waals surface area contributed by atoms with E-state index in [-0.39, 0.29) is 0 Å². The van der Waals surface area contributed by atoms with Crippen molar-refractivity contribution in [2.24, 2.45) is 7.05 Å². The lowest BCUT2D eigenvalue weighted by Crippen LogP contribution is -2.02. The molecule has 0 fully saturated rings. The molecular weight excluding hydrogens is 364 g/mol. The van der Waals surface area contributed by atoms with E-state index in [1.54, 1.807) is 5.56 Å². The van der Waals surface area contributed by atoms with Gasteiger partial charge in [-0.1, -0.05) is 50.1 Å². The van der Waals surface area contributed by atoms with Gasteiger partial charge < -0.3 is 9.13 Å². The molecule has 0 aliphatic carbocycles. The van der Waals surface area contributed by atoms with Gasteiger partial charge >= 0.3 is 0 Å². The molecule has 0 radical (unpaired) electrons. The van der Waals surface area contributed by atoms with Crippen LogP contribution in [0.5, 0.6) is 0 Å². The number of aromatic nitrogens is 2. The van der Waals surface area contributed by atoms with E-state index in [2.05, 4.69) is 93.3 Å². The summed E-state index contributed by atoms with van der Waals surface area (Å²) in [4.78, 5) is 0. The van der Waals surface area contributed by atoms with Crippen LogP contribution in [-0.4, -0.2) is 9.13 Å². The third-order valence-corrected chi connectivity index (χ3v) is 7.11. The molecule has 158 valence electrons. The van der Waals surface area contributed by atoms with E-state index >= 15 is 0 Å². The first kappa shape index (κ1) is 20.8. The molecule has 1 unspecified atom stereocenters. The highest BCUT2D eigenvalue weighted by Crippen LogP contribution is 2.35.